The van der Waals surface area contributed by atoms with Gasteiger partial charge in [-0.25, -0.2) is 4.98 Å². The number of aromatic nitrogens is 2. The molecule has 1 atom stereocenters. The minimum atomic E-state index is 0.126. The molecular formula is C22H30N4O. The van der Waals surface area contributed by atoms with E-state index in [1.54, 1.807) is 12.4 Å². The number of carbonyl (C=O) groups is 1. The smallest absolute Gasteiger partial charge is 0.254 e. The summed E-state index contributed by atoms with van der Waals surface area (Å²) in [5.41, 5.74) is 1.62. The average Bonchev–Trinajstić information content (AvgIpc) is 3.38. The molecule has 1 N–H and O–H groups in total. The molecule has 0 spiro atoms. The van der Waals surface area contributed by atoms with E-state index in [0.29, 0.717) is 12.0 Å². The summed E-state index contributed by atoms with van der Waals surface area (Å²) in [6.07, 6.45) is 7.33. The van der Waals surface area contributed by atoms with E-state index in [1.807, 2.05) is 24.3 Å². The van der Waals surface area contributed by atoms with Crippen LogP contribution in [0.1, 0.15) is 43.5 Å². The number of carbonyl (C=O) groups excluding carboxylic acids is 1. The first-order chi connectivity index (χ1) is 13.1. The van der Waals surface area contributed by atoms with E-state index in [1.165, 1.54) is 19.4 Å². The Labute approximate surface area is 161 Å². The van der Waals surface area contributed by atoms with Crippen LogP contribution in [0.25, 0.3) is 11.4 Å². The van der Waals surface area contributed by atoms with Gasteiger partial charge in [0, 0.05) is 50.2 Å². The molecule has 27 heavy (non-hydrogen) atoms. The van der Waals surface area contributed by atoms with Gasteiger partial charge in [0.25, 0.3) is 5.91 Å². The first-order valence-corrected chi connectivity index (χ1v) is 10.3. The molecule has 1 aliphatic carbocycles. The molecule has 1 saturated heterocycles. The molecule has 1 unspecified atom stereocenters. The third kappa shape index (κ3) is 4.08. The molecule has 2 fully saturated rings. The summed E-state index contributed by atoms with van der Waals surface area (Å²) < 4.78 is 0. The van der Waals surface area contributed by atoms with Gasteiger partial charge in [0.15, 0.2) is 0 Å². The van der Waals surface area contributed by atoms with Gasteiger partial charge in [0.05, 0.1) is 5.56 Å². The van der Waals surface area contributed by atoms with Crippen molar-refractivity contribution in [2.24, 2.45) is 11.8 Å². The Balaban J connectivity index is 1.57. The van der Waals surface area contributed by atoms with Gasteiger partial charge in [-0.2, -0.15) is 0 Å². The van der Waals surface area contributed by atoms with Gasteiger partial charge in [-0.05, 0) is 37.2 Å². The van der Waals surface area contributed by atoms with Crippen molar-refractivity contribution in [1.29, 1.82) is 0 Å². The molecule has 1 amide bonds. The van der Waals surface area contributed by atoms with E-state index >= 15 is 0 Å². The molecule has 2 aromatic rings. The van der Waals surface area contributed by atoms with Crippen LogP contribution in [0.2, 0.25) is 0 Å². The Morgan fingerprint density at radius 1 is 1.26 bits per heavy atom. The first-order valence-electron chi connectivity index (χ1n) is 10.3. The first kappa shape index (κ1) is 18.2. The summed E-state index contributed by atoms with van der Waals surface area (Å²) in [7, 11) is 0. The van der Waals surface area contributed by atoms with Crippen molar-refractivity contribution in [2.45, 2.75) is 39.2 Å². The highest BCUT2D eigenvalue weighted by Gasteiger charge is 2.34. The molecule has 4 rings (SSSR count). The minimum absolute atomic E-state index is 0.126. The molecule has 5 heteroatoms. The lowest BCUT2D eigenvalue weighted by molar-refractivity contribution is 0.0705. The summed E-state index contributed by atoms with van der Waals surface area (Å²) in [5, 5.41) is 0. The van der Waals surface area contributed by atoms with E-state index in [-0.39, 0.29) is 5.91 Å². The van der Waals surface area contributed by atoms with Gasteiger partial charge in [-0.3, -0.25) is 9.69 Å². The van der Waals surface area contributed by atoms with E-state index in [4.69, 9.17) is 0 Å². The normalized spacial score (nSPS) is 21.4. The van der Waals surface area contributed by atoms with Crippen molar-refractivity contribution in [1.82, 2.24) is 19.8 Å². The lowest BCUT2D eigenvalue weighted by atomic mass is 10.0. The number of nitrogens with zero attached hydrogens (tertiary/aromatic N) is 3. The highest BCUT2D eigenvalue weighted by Crippen LogP contribution is 2.32. The molecule has 5 nitrogen and oxygen atoms in total. The van der Waals surface area contributed by atoms with Gasteiger partial charge in [0.1, 0.15) is 5.82 Å². The maximum atomic E-state index is 13.4. The SMILES string of the molecule is CC(C)C1CN(C(=O)c2ccccc2-c2ncc[nH]2)CCCN1CC1CC1. The fourth-order valence-corrected chi connectivity index (χ4v) is 4.20. The molecule has 144 valence electrons. The van der Waals surface area contributed by atoms with Crippen LogP contribution in [0.4, 0.5) is 0 Å². The van der Waals surface area contributed by atoms with Crippen molar-refractivity contribution in [3.63, 3.8) is 0 Å². The Kier molecular flexibility index (Phi) is 5.30. The van der Waals surface area contributed by atoms with Gasteiger partial charge in [0.2, 0.25) is 0 Å². The predicted molar refractivity (Wildman–Crippen MR) is 107 cm³/mol. The highest BCUT2D eigenvalue weighted by atomic mass is 16.2. The van der Waals surface area contributed by atoms with Crippen molar-refractivity contribution >= 4 is 5.91 Å². The standard InChI is InChI=1S/C22H30N4O/c1-16(2)20-15-26(13-5-12-25(20)14-17-8-9-17)22(27)19-7-4-3-6-18(19)21-23-10-11-24-21/h3-4,6-7,10-11,16-17,20H,5,8-9,12-15H2,1-2H3,(H,23,24). The summed E-state index contributed by atoms with van der Waals surface area (Å²) in [6.45, 7) is 8.52. The number of benzene rings is 1. The molecular weight excluding hydrogens is 336 g/mol. The maximum absolute atomic E-state index is 13.4. The van der Waals surface area contributed by atoms with Crippen molar-refractivity contribution in [3.8, 4) is 11.4 Å². The molecule has 1 aromatic carbocycles. The fourth-order valence-electron chi connectivity index (χ4n) is 4.20. The highest BCUT2D eigenvalue weighted by molar-refractivity contribution is 6.00. The average molecular weight is 367 g/mol. The van der Waals surface area contributed by atoms with Crippen LogP contribution in [0.5, 0.6) is 0 Å². The number of hydrogen-bond acceptors (Lipinski definition) is 3. The summed E-state index contributed by atoms with van der Waals surface area (Å²) in [6, 6.07) is 8.25. The number of imidazole rings is 1. The molecule has 1 aromatic heterocycles. The lowest BCUT2D eigenvalue weighted by Crippen LogP contribution is -2.46. The predicted octanol–water partition coefficient (Wildman–Crippen LogP) is 3.66. The van der Waals surface area contributed by atoms with E-state index in [0.717, 1.165) is 48.9 Å². The monoisotopic (exact) mass is 366 g/mol. The maximum Gasteiger partial charge on any atom is 0.254 e. The van der Waals surface area contributed by atoms with Crippen molar-refractivity contribution in [3.05, 3.63) is 42.2 Å². The second-order valence-corrected chi connectivity index (χ2v) is 8.34. The van der Waals surface area contributed by atoms with Crippen LogP contribution in [-0.2, 0) is 0 Å². The van der Waals surface area contributed by atoms with Crippen molar-refractivity contribution < 1.29 is 4.79 Å². The third-order valence-electron chi connectivity index (χ3n) is 5.91. The number of nitrogens with one attached hydrogen (secondary N) is 1. The van der Waals surface area contributed by atoms with Crippen LogP contribution in [0.3, 0.4) is 0 Å². The zero-order valence-corrected chi connectivity index (χ0v) is 16.4. The van der Waals surface area contributed by atoms with Gasteiger partial charge >= 0.3 is 0 Å². The number of hydrogen-bond donors (Lipinski definition) is 1. The van der Waals surface area contributed by atoms with E-state index in [9.17, 15) is 4.79 Å². The van der Waals surface area contributed by atoms with E-state index < -0.39 is 0 Å². The second-order valence-electron chi connectivity index (χ2n) is 8.34. The summed E-state index contributed by atoms with van der Waals surface area (Å²) in [5.74, 6) is 2.30. The Morgan fingerprint density at radius 3 is 2.78 bits per heavy atom. The van der Waals surface area contributed by atoms with Crippen LogP contribution >= 0.6 is 0 Å². The van der Waals surface area contributed by atoms with Crippen LogP contribution < -0.4 is 0 Å². The Bertz CT molecular complexity index is 766. The molecule has 0 radical (unpaired) electrons. The quantitative estimate of drug-likeness (QED) is 0.879. The number of rotatable bonds is 5. The topological polar surface area (TPSA) is 52.2 Å². The minimum Gasteiger partial charge on any atom is -0.345 e. The third-order valence-corrected chi connectivity index (χ3v) is 5.91. The molecule has 0 bridgehead atoms. The second kappa shape index (κ2) is 7.85. The number of H-pyrrole nitrogens is 1. The van der Waals surface area contributed by atoms with Crippen molar-refractivity contribution in [2.75, 3.05) is 26.2 Å². The molecule has 2 heterocycles. The summed E-state index contributed by atoms with van der Waals surface area (Å²) in [4.78, 5) is 25.6. The van der Waals surface area contributed by atoms with Crippen LogP contribution in [-0.4, -0.2) is 57.9 Å². The number of aromatic amines is 1. The molecule has 1 saturated carbocycles. The van der Waals surface area contributed by atoms with Crippen LogP contribution in [0, 0.1) is 11.8 Å². The van der Waals surface area contributed by atoms with Gasteiger partial charge < -0.3 is 9.88 Å². The van der Waals surface area contributed by atoms with E-state index in [2.05, 4.69) is 33.6 Å². The van der Waals surface area contributed by atoms with Gasteiger partial charge in [-0.1, -0.05) is 32.0 Å². The number of amides is 1. The zero-order valence-electron chi connectivity index (χ0n) is 16.4. The lowest BCUT2D eigenvalue weighted by Gasteiger charge is -2.34. The molecule has 2 aliphatic rings. The Morgan fingerprint density at radius 2 is 2.07 bits per heavy atom. The zero-order chi connectivity index (χ0) is 18.8. The van der Waals surface area contributed by atoms with Gasteiger partial charge in [-0.15, -0.1) is 0 Å². The fraction of sp³-hybridized carbons (Fsp3) is 0.545. The molecule has 1 aliphatic heterocycles. The summed E-state index contributed by atoms with van der Waals surface area (Å²) >= 11 is 0. The Hall–Kier alpha value is -2.14. The van der Waals surface area contributed by atoms with Crippen LogP contribution in [0.15, 0.2) is 36.7 Å². The largest absolute Gasteiger partial charge is 0.345 e.